The van der Waals surface area contributed by atoms with Crippen molar-refractivity contribution in [1.82, 2.24) is 5.43 Å². The van der Waals surface area contributed by atoms with Crippen molar-refractivity contribution in [2.45, 2.75) is 13.2 Å². The molecule has 0 aromatic heterocycles. The molecule has 0 radical (unpaired) electrons. The molecule has 4 aromatic rings. The zero-order valence-electron chi connectivity index (χ0n) is 19.7. The lowest BCUT2D eigenvalue weighted by Gasteiger charge is -2.11. The number of carbonyl (C=O) groups is 1. The van der Waals surface area contributed by atoms with E-state index >= 15 is 0 Å². The van der Waals surface area contributed by atoms with E-state index in [0.717, 1.165) is 16.7 Å². The molecule has 0 aliphatic heterocycles. The van der Waals surface area contributed by atoms with Crippen LogP contribution in [0.2, 0.25) is 5.02 Å². The monoisotopic (exact) mass is 500 g/mol. The van der Waals surface area contributed by atoms with Gasteiger partial charge in [0.15, 0.2) is 11.5 Å². The van der Waals surface area contributed by atoms with E-state index in [1.807, 2.05) is 60.7 Å². The van der Waals surface area contributed by atoms with Gasteiger partial charge in [-0.1, -0.05) is 54.1 Å². The van der Waals surface area contributed by atoms with Crippen molar-refractivity contribution >= 4 is 23.7 Å². The molecule has 0 heterocycles. The van der Waals surface area contributed by atoms with Crippen LogP contribution in [0, 0.1) is 0 Å². The molecule has 36 heavy (non-hydrogen) atoms. The number of benzene rings is 4. The molecule has 1 N–H and O–H groups in total. The molecule has 1 amide bonds. The Bertz CT molecular complexity index is 1310. The Kier molecular flexibility index (Phi) is 8.57. The van der Waals surface area contributed by atoms with Crippen LogP contribution in [-0.2, 0) is 13.2 Å². The highest BCUT2D eigenvalue weighted by molar-refractivity contribution is 6.30. The normalized spacial score (nSPS) is 10.7. The predicted molar refractivity (Wildman–Crippen MR) is 141 cm³/mol. The third kappa shape index (κ3) is 7.10. The van der Waals surface area contributed by atoms with E-state index in [1.54, 1.807) is 49.7 Å². The molecule has 0 unspecified atom stereocenters. The minimum Gasteiger partial charge on any atom is -0.493 e. The second kappa shape index (κ2) is 12.4. The Morgan fingerprint density at radius 2 is 1.53 bits per heavy atom. The van der Waals surface area contributed by atoms with E-state index < -0.39 is 0 Å². The Balaban J connectivity index is 1.29. The van der Waals surface area contributed by atoms with Crippen molar-refractivity contribution in [2.24, 2.45) is 5.10 Å². The highest BCUT2D eigenvalue weighted by Crippen LogP contribution is 2.28. The van der Waals surface area contributed by atoms with Crippen molar-refractivity contribution in [3.05, 3.63) is 124 Å². The molecule has 0 spiro atoms. The quantitative estimate of drug-likeness (QED) is 0.206. The van der Waals surface area contributed by atoms with Crippen molar-refractivity contribution in [1.29, 1.82) is 0 Å². The molecule has 0 aliphatic carbocycles. The number of carbonyl (C=O) groups excluding carboxylic acids is 1. The van der Waals surface area contributed by atoms with Crippen molar-refractivity contribution in [3.63, 3.8) is 0 Å². The van der Waals surface area contributed by atoms with Crippen LogP contribution in [0.4, 0.5) is 0 Å². The van der Waals surface area contributed by atoms with Crippen molar-refractivity contribution in [3.8, 4) is 17.2 Å². The van der Waals surface area contributed by atoms with Gasteiger partial charge in [-0.05, 0) is 71.3 Å². The Morgan fingerprint density at radius 1 is 0.833 bits per heavy atom. The van der Waals surface area contributed by atoms with Gasteiger partial charge in [-0.15, -0.1) is 0 Å². The fourth-order valence-corrected chi connectivity index (χ4v) is 3.42. The van der Waals surface area contributed by atoms with Crippen LogP contribution < -0.4 is 19.6 Å². The van der Waals surface area contributed by atoms with E-state index in [4.69, 9.17) is 25.8 Å². The molecule has 0 fully saturated rings. The van der Waals surface area contributed by atoms with Crippen LogP contribution in [0.5, 0.6) is 17.2 Å². The van der Waals surface area contributed by atoms with Crippen LogP contribution in [-0.4, -0.2) is 19.2 Å². The molecular weight excluding hydrogens is 476 g/mol. The molecule has 0 bridgehead atoms. The van der Waals surface area contributed by atoms with E-state index in [2.05, 4.69) is 10.5 Å². The number of methoxy groups -OCH3 is 1. The zero-order valence-corrected chi connectivity index (χ0v) is 20.4. The van der Waals surface area contributed by atoms with E-state index in [1.165, 1.54) is 0 Å². The summed E-state index contributed by atoms with van der Waals surface area (Å²) in [5, 5.41) is 4.74. The number of rotatable bonds is 10. The number of hydrazone groups is 1. The summed E-state index contributed by atoms with van der Waals surface area (Å²) >= 11 is 5.92. The number of halogens is 1. The van der Waals surface area contributed by atoms with Crippen LogP contribution >= 0.6 is 11.6 Å². The summed E-state index contributed by atoms with van der Waals surface area (Å²) in [6, 6.07) is 29.7. The van der Waals surface area contributed by atoms with Gasteiger partial charge in [0.05, 0.1) is 13.3 Å². The third-order valence-electron chi connectivity index (χ3n) is 5.24. The summed E-state index contributed by atoms with van der Waals surface area (Å²) in [5.41, 5.74) is 5.82. The van der Waals surface area contributed by atoms with Crippen molar-refractivity contribution < 1.29 is 19.0 Å². The first-order valence-corrected chi connectivity index (χ1v) is 11.6. The van der Waals surface area contributed by atoms with Gasteiger partial charge in [-0.2, -0.15) is 5.10 Å². The van der Waals surface area contributed by atoms with Gasteiger partial charge in [-0.25, -0.2) is 5.43 Å². The summed E-state index contributed by atoms with van der Waals surface area (Å²) in [4.78, 5) is 12.4. The lowest BCUT2D eigenvalue weighted by Crippen LogP contribution is -2.17. The van der Waals surface area contributed by atoms with Crippen LogP contribution in [0.3, 0.4) is 0 Å². The van der Waals surface area contributed by atoms with Gasteiger partial charge < -0.3 is 14.2 Å². The lowest BCUT2D eigenvalue weighted by molar-refractivity contribution is 0.0955. The topological polar surface area (TPSA) is 69.2 Å². The second-order valence-electron chi connectivity index (χ2n) is 7.82. The van der Waals surface area contributed by atoms with Gasteiger partial charge >= 0.3 is 0 Å². The molecule has 7 heteroatoms. The standard InChI is InChI=1S/C29H25ClN2O4/c1-34-28-17-23(9-16-27(28)36-20-22-7-12-25(30)13-8-22)18-31-32-29(33)24-10-14-26(15-11-24)35-19-21-5-3-2-4-6-21/h2-18H,19-20H2,1H3,(H,32,33). The van der Waals surface area contributed by atoms with Crippen molar-refractivity contribution in [2.75, 3.05) is 7.11 Å². The number of hydrogen-bond donors (Lipinski definition) is 1. The van der Waals surface area contributed by atoms with Gasteiger partial charge in [0, 0.05) is 10.6 Å². The van der Waals surface area contributed by atoms with Gasteiger partial charge in [0.25, 0.3) is 5.91 Å². The molecule has 0 aliphatic rings. The highest BCUT2D eigenvalue weighted by Gasteiger charge is 2.07. The Hall–Kier alpha value is -4.29. The molecule has 0 saturated heterocycles. The van der Waals surface area contributed by atoms with Gasteiger partial charge in [0.1, 0.15) is 19.0 Å². The van der Waals surface area contributed by atoms with E-state index in [9.17, 15) is 4.79 Å². The lowest BCUT2D eigenvalue weighted by atomic mass is 10.2. The summed E-state index contributed by atoms with van der Waals surface area (Å²) in [6.07, 6.45) is 1.54. The molecule has 182 valence electrons. The molecule has 4 aromatic carbocycles. The Labute approximate surface area is 215 Å². The SMILES string of the molecule is COc1cc(C=NNC(=O)c2ccc(OCc3ccccc3)cc2)ccc1OCc1ccc(Cl)cc1. The maximum absolute atomic E-state index is 12.4. The minimum absolute atomic E-state index is 0.323. The molecular formula is C29H25ClN2O4. The molecule has 0 atom stereocenters. The second-order valence-corrected chi connectivity index (χ2v) is 8.26. The van der Waals surface area contributed by atoms with Crippen LogP contribution in [0.1, 0.15) is 27.0 Å². The van der Waals surface area contributed by atoms with Crippen LogP contribution in [0.25, 0.3) is 0 Å². The predicted octanol–water partition coefficient (Wildman–Crippen LogP) is 6.27. The summed E-state index contributed by atoms with van der Waals surface area (Å²) < 4.78 is 17.1. The van der Waals surface area contributed by atoms with Crippen LogP contribution in [0.15, 0.2) is 102 Å². The first-order valence-electron chi connectivity index (χ1n) is 11.3. The fourth-order valence-electron chi connectivity index (χ4n) is 3.30. The average Bonchev–Trinajstić information content (AvgIpc) is 2.92. The maximum Gasteiger partial charge on any atom is 0.271 e. The fraction of sp³-hybridized carbons (Fsp3) is 0.103. The zero-order chi connectivity index (χ0) is 25.2. The first kappa shape index (κ1) is 24.8. The first-order chi connectivity index (χ1) is 17.6. The summed E-state index contributed by atoms with van der Waals surface area (Å²) in [6.45, 7) is 0.845. The van der Waals surface area contributed by atoms with E-state index in [0.29, 0.717) is 41.0 Å². The van der Waals surface area contributed by atoms with E-state index in [-0.39, 0.29) is 5.91 Å². The minimum atomic E-state index is -0.323. The Morgan fingerprint density at radius 3 is 2.25 bits per heavy atom. The molecule has 0 saturated carbocycles. The number of hydrogen-bond acceptors (Lipinski definition) is 5. The molecule has 4 rings (SSSR count). The summed E-state index contributed by atoms with van der Waals surface area (Å²) in [7, 11) is 1.57. The number of nitrogens with zero attached hydrogens (tertiary/aromatic N) is 1. The summed E-state index contributed by atoms with van der Waals surface area (Å²) in [5.74, 6) is 1.52. The highest BCUT2D eigenvalue weighted by atomic mass is 35.5. The smallest absolute Gasteiger partial charge is 0.271 e. The largest absolute Gasteiger partial charge is 0.493 e. The number of amides is 1. The maximum atomic E-state index is 12.4. The third-order valence-corrected chi connectivity index (χ3v) is 5.49. The number of ether oxygens (including phenoxy) is 3. The van der Waals surface area contributed by atoms with Gasteiger partial charge in [0.2, 0.25) is 0 Å². The average molecular weight is 501 g/mol. The molecule has 6 nitrogen and oxygen atoms in total. The number of nitrogens with one attached hydrogen (secondary N) is 1. The van der Waals surface area contributed by atoms with Gasteiger partial charge in [-0.3, -0.25) is 4.79 Å².